The van der Waals surface area contributed by atoms with E-state index in [9.17, 15) is 14.7 Å². The minimum absolute atomic E-state index is 0.155. The van der Waals surface area contributed by atoms with Crippen molar-refractivity contribution in [2.75, 3.05) is 0 Å². The maximum atomic E-state index is 11.3. The Morgan fingerprint density at radius 1 is 1.28 bits per heavy atom. The highest BCUT2D eigenvalue weighted by atomic mass is 32.1. The van der Waals surface area contributed by atoms with Crippen LogP contribution in [0.3, 0.4) is 0 Å². The molecular formula is C12H11NO4S. The molecule has 0 aliphatic heterocycles. The minimum atomic E-state index is -1.04. The summed E-state index contributed by atoms with van der Waals surface area (Å²) in [6, 6.07) is 3.58. The fourth-order valence-corrected chi connectivity index (χ4v) is 3.01. The van der Waals surface area contributed by atoms with Gasteiger partial charge in [0.05, 0.1) is 12.0 Å². The number of nitrogens with zero attached hydrogens (tertiary/aromatic N) is 1. The number of hydrogen-bond acceptors (Lipinski definition) is 3. The summed E-state index contributed by atoms with van der Waals surface area (Å²) in [7, 11) is 0. The third-order valence-electron chi connectivity index (χ3n) is 2.59. The molecule has 0 bridgehead atoms. The van der Waals surface area contributed by atoms with Crippen molar-refractivity contribution in [2.45, 2.75) is 13.3 Å². The normalized spacial score (nSPS) is 10.5. The molecule has 18 heavy (non-hydrogen) atoms. The SMILES string of the molecule is Cc1c(CC(=O)O)sc(-n2cccc2)c1C(=O)O. The molecule has 0 fully saturated rings. The van der Waals surface area contributed by atoms with Crippen molar-refractivity contribution in [2.24, 2.45) is 0 Å². The van der Waals surface area contributed by atoms with Crippen LogP contribution >= 0.6 is 11.3 Å². The summed E-state index contributed by atoms with van der Waals surface area (Å²) in [6.45, 7) is 1.64. The van der Waals surface area contributed by atoms with Gasteiger partial charge < -0.3 is 14.8 Å². The van der Waals surface area contributed by atoms with E-state index in [1.807, 2.05) is 0 Å². The number of aromatic nitrogens is 1. The number of carboxylic acid groups (broad SMARTS) is 2. The lowest BCUT2D eigenvalue weighted by Crippen LogP contribution is -2.03. The molecule has 2 rings (SSSR count). The first kappa shape index (κ1) is 12.4. The van der Waals surface area contributed by atoms with Crippen LogP contribution in [0.15, 0.2) is 24.5 Å². The van der Waals surface area contributed by atoms with Gasteiger partial charge in [-0.2, -0.15) is 0 Å². The minimum Gasteiger partial charge on any atom is -0.481 e. The number of carbonyl (C=O) groups is 2. The molecule has 94 valence electrons. The monoisotopic (exact) mass is 265 g/mol. The predicted molar refractivity (Wildman–Crippen MR) is 66.7 cm³/mol. The van der Waals surface area contributed by atoms with E-state index < -0.39 is 11.9 Å². The van der Waals surface area contributed by atoms with Crippen molar-refractivity contribution in [1.82, 2.24) is 4.57 Å². The molecule has 5 nitrogen and oxygen atoms in total. The molecule has 0 atom stereocenters. The first-order valence-corrected chi connectivity index (χ1v) is 6.03. The highest BCUT2D eigenvalue weighted by Gasteiger charge is 2.22. The summed E-state index contributed by atoms with van der Waals surface area (Å²) in [6.07, 6.45) is 3.32. The third kappa shape index (κ3) is 2.14. The van der Waals surface area contributed by atoms with Gasteiger partial charge in [0.2, 0.25) is 0 Å². The Hall–Kier alpha value is -2.08. The highest BCUT2D eigenvalue weighted by Crippen LogP contribution is 2.32. The zero-order chi connectivity index (χ0) is 13.3. The van der Waals surface area contributed by atoms with Crippen LogP contribution in [0.5, 0.6) is 0 Å². The lowest BCUT2D eigenvalue weighted by Gasteiger charge is -2.01. The van der Waals surface area contributed by atoms with Crippen molar-refractivity contribution < 1.29 is 19.8 Å². The van der Waals surface area contributed by atoms with Crippen molar-refractivity contribution in [1.29, 1.82) is 0 Å². The average molecular weight is 265 g/mol. The molecular weight excluding hydrogens is 254 g/mol. The van der Waals surface area contributed by atoms with Crippen LogP contribution in [-0.4, -0.2) is 26.7 Å². The Morgan fingerprint density at radius 3 is 2.39 bits per heavy atom. The molecule has 0 radical (unpaired) electrons. The quantitative estimate of drug-likeness (QED) is 0.888. The smallest absolute Gasteiger partial charge is 0.339 e. The summed E-state index contributed by atoms with van der Waals surface area (Å²) in [5, 5.41) is 18.6. The van der Waals surface area contributed by atoms with Gasteiger partial charge in [-0.25, -0.2) is 4.79 Å². The Morgan fingerprint density at radius 2 is 1.89 bits per heavy atom. The van der Waals surface area contributed by atoms with Crippen molar-refractivity contribution in [3.8, 4) is 5.00 Å². The maximum absolute atomic E-state index is 11.3. The Bertz CT molecular complexity index is 598. The molecule has 0 saturated heterocycles. The van der Waals surface area contributed by atoms with E-state index in [0.717, 1.165) is 0 Å². The number of rotatable bonds is 4. The van der Waals surface area contributed by atoms with Gasteiger partial charge in [-0.1, -0.05) is 0 Å². The molecule has 0 saturated carbocycles. The van der Waals surface area contributed by atoms with E-state index in [-0.39, 0.29) is 12.0 Å². The topological polar surface area (TPSA) is 79.5 Å². The van der Waals surface area contributed by atoms with Crippen LogP contribution in [-0.2, 0) is 11.2 Å². The number of carboxylic acids is 2. The first-order chi connectivity index (χ1) is 8.50. The van der Waals surface area contributed by atoms with Crippen LogP contribution in [0.1, 0.15) is 20.8 Å². The second kappa shape index (κ2) is 4.66. The second-order valence-corrected chi connectivity index (χ2v) is 4.88. The summed E-state index contributed by atoms with van der Waals surface area (Å²) in [4.78, 5) is 22.6. The van der Waals surface area contributed by atoms with Crippen LogP contribution in [0.25, 0.3) is 5.00 Å². The zero-order valence-electron chi connectivity index (χ0n) is 9.58. The van der Waals surface area contributed by atoms with Gasteiger partial charge in [0.25, 0.3) is 0 Å². The lowest BCUT2D eigenvalue weighted by atomic mass is 10.1. The Balaban J connectivity index is 2.58. The van der Waals surface area contributed by atoms with E-state index in [1.165, 1.54) is 11.3 Å². The van der Waals surface area contributed by atoms with Crippen molar-refractivity contribution >= 4 is 23.3 Å². The standard InChI is InChI=1S/C12H11NO4S/c1-7-8(6-9(14)15)18-11(10(7)12(16)17)13-4-2-3-5-13/h2-5H,6H2,1H3,(H,14,15)(H,16,17). The predicted octanol–water partition coefficient (Wildman–Crippen LogP) is 2.17. The van der Waals surface area contributed by atoms with Crippen LogP contribution in [0.2, 0.25) is 0 Å². The Labute approximate surface area is 107 Å². The van der Waals surface area contributed by atoms with E-state index in [4.69, 9.17) is 5.11 Å². The van der Waals surface area contributed by atoms with Gasteiger partial charge in [0.15, 0.2) is 0 Å². The number of aromatic carboxylic acids is 1. The molecule has 2 aromatic rings. The molecule has 0 spiro atoms. The molecule has 2 aromatic heterocycles. The molecule has 0 unspecified atom stereocenters. The summed E-state index contributed by atoms with van der Waals surface area (Å²) >= 11 is 1.20. The van der Waals surface area contributed by atoms with Crippen LogP contribution in [0, 0.1) is 6.92 Å². The molecule has 0 aromatic carbocycles. The molecule has 0 aliphatic rings. The van der Waals surface area contributed by atoms with E-state index >= 15 is 0 Å². The number of thiophene rings is 1. The molecule has 0 amide bonds. The van der Waals surface area contributed by atoms with Crippen molar-refractivity contribution in [3.63, 3.8) is 0 Å². The average Bonchev–Trinajstić information content (AvgIpc) is 2.86. The fourth-order valence-electron chi connectivity index (χ4n) is 1.75. The highest BCUT2D eigenvalue weighted by molar-refractivity contribution is 7.15. The second-order valence-electron chi connectivity index (χ2n) is 3.80. The summed E-state index contributed by atoms with van der Waals surface area (Å²) < 4.78 is 1.69. The van der Waals surface area contributed by atoms with Gasteiger partial charge in [-0.3, -0.25) is 4.79 Å². The zero-order valence-corrected chi connectivity index (χ0v) is 10.4. The number of aliphatic carboxylic acids is 1. The lowest BCUT2D eigenvalue weighted by molar-refractivity contribution is -0.136. The van der Waals surface area contributed by atoms with Gasteiger partial charge in [0.1, 0.15) is 5.00 Å². The number of hydrogen-bond donors (Lipinski definition) is 2. The summed E-state index contributed by atoms with van der Waals surface area (Å²) in [5.41, 5.74) is 0.700. The molecule has 6 heteroatoms. The molecule has 2 heterocycles. The fraction of sp³-hybridized carbons (Fsp3) is 0.167. The molecule has 2 N–H and O–H groups in total. The van der Waals surface area contributed by atoms with Gasteiger partial charge in [0, 0.05) is 17.3 Å². The van der Waals surface area contributed by atoms with Gasteiger partial charge >= 0.3 is 11.9 Å². The van der Waals surface area contributed by atoms with E-state index in [1.54, 1.807) is 36.0 Å². The van der Waals surface area contributed by atoms with Crippen molar-refractivity contribution in [3.05, 3.63) is 40.5 Å². The van der Waals surface area contributed by atoms with Crippen LogP contribution in [0.4, 0.5) is 0 Å². The van der Waals surface area contributed by atoms with Crippen LogP contribution < -0.4 is 0 Å². The Kier molecular flexibility index (Phi) is 3.20. The van der Waals surface area contributed by atoms with E-state index in [0.29, 0.717) is 15.4 Å². The van der Waals surface area contributed by atoms with E-state index in [2.05, 4.69) is 0 Å². The van der Waals surface area contributed by atoms with Gasteiger partial charge in [-0.15, -0.1) is 11.3 Å². The summed E-state index contributed by atoms with van der Waals surface area (Å²) in [5.74, 6) is -2.00. The largest absolute Gasteiger partial charge is 0.481 e. The van der Waals surface area contributed by atoms with Gasteiger partial charge in [-0.05, 0) is 24.6 Å². The third-order valence-corrected chi connectivity index (χ3v) is 3.90. The molecule has 0 aliphatic carbocycles. The maximum Gasteiger partial charge on any atom is 0.339 e. The first-order valence-electron chi connectivity index (χ1n) is 5.21.